The number of hydrogen-bond acceptors (Lipinski definition) is 6. The molecule has 1 amide bonds. The molecule has 3 atom stereocenters. The summed E-state index contributed by atoms with van der Waals surface area (Å²) in [5, 5.41) is 3.71. The van der Waals surface area contributed by atoms with Gasteiger partial charge in [-0.15, -0.1) is 0 Å². The fourth-order valence-corrected chi connectivity index (χ4v) is 4.83. The number of ether oxygens (including phenoxy) is 2. The molecule has 1 aliphatic rings. The molecule has 9 heteroatoms. The van der Waals surface area contributed by atoms with Crippen LogP contribution in [0.15, 0.2) is 61.2 Å². The lowest BCUT2D eigenvalue weighted by Crippen LogP contribution is -2.55. The van der Waals surface area contributed by atoms with Gasteiger partial charge in [0, 0.05) is 23.4 Å². The predicted octanol–water partition coefficient (Wildman–Crippen LogP) is 3.92. The normalized spacial score (nSPS) is 17.7. The first-order valence-electron chi connectivity index (χ1n) is 12.5. The zero-order valence-corrected chi connectivity index (χ0v) is 22.5. The van der Waals surface area contributed by atoms with Gasteiger partial charge < -0.3 is 25.4 Å². The molecule has 1 aliphatic heterocycles. The number of carbonyl (C=O) groups is 2. The van der Waals surface area contributed by atoms with Crippen molar-refractivity contribution in [2.75, 3.05) is 13.7 Å². The standard InChI is InChI=1S/C29H32N4O4S/c1-5-18-11-12-22-21(13-18)25(15-23(31-22)19-9-7-6-8-10-19)37-20-14-24(28(35)36-4)33(16-20)27(34)26(17(2)3)32-29(30)38/h5-13,15,17,20,24,26H,1,14,16H2,2-4H3,(H3,30,32,38)/t20-,24+,26+/m1/s1. The van der Waals surface area contributed by atoms with Crippen LogP contribution in [0.25, 0.3) is 28.2 Å². The highest BCUT2D eigenvalue weighted by Gasteiger charge is 2.44. The van der Waals surface area contributed by atoms with Crippen molar-refractivity contribution < 1.29 is 19.1 Å². The molecule has 0 saturated carbocycles. The van der Waals surface area contributed by atoms with E-state index in [1.807, 2.05) is 68.4 Å². The number of benzene rings is 2. The Morgan fingerprint density at radius 3 is 2.58 bits per heavy atom. The molecule has 3 N–H and O–H groups in total. The van der Waals surface area contributed by atoms with Crippen molar-refractivity contribution in [3.63, 3.8) is 0 Å². The van der Waals surface area contributed by atoms with E-state index in [9.17, 15) is 9.59 Å². The summed E-state index contributed by atoms with van der Waals surface area (Å²) in [6, 6.07) is 16.1. The Morgan fingerprint density at radius 1 is 1.21 bits per heavy atom. The molecule has 198 valence electrons. The van der Waals surface area contributed by atoms with Gasteiger partial charge in [-0.05, 0) is 35.8 Å². The maximum Gasteiger partial charge on any atom is 0.328 e. The largest absolute Gasteiger partial charge is 0.488 e. The molecule has 0 unspecified atom stereocenters. The average molecular weight is 533 g/mol. The first-order valence-corrected chi connectivity index (χ1v) is 12.9. The van der Waals surface area contributed by atoms with Crippen molar-refractivity contribution in [1.29, 1.82) is 0 Å². The number of likely N-dealkylation sites (tertiary alicyclic amines) is 1. The van der Waals surface area contributed by atoms with Gasteiger partial charge in [0.2, 0.25) is 5.91 Å². The van der Waals surface area contributed by atoms with E-state index >= 15 is 0 Å². The van der Waals surface area contributed by atoms with Crippen molar-refractivity contribution in [2.45, 2.75) is 38.5 Å². The smallest absolute Gasteiger partial charge is 0.328 e. The Morgan fingerprint density at radius 2 is 1.95 bits per heavy atom. The van der Waals surface area contributed by atoms with E-state index in [4.69, 9.17) is 32.4 Å². The summed E-state index contributed by atoms with van der Waals surface area (Å²) in [4.78, 5) is 32.6. The molecule has 1 saturated heterocycles. The summed E-state index contributed by atoms with van der Waals surface area (Å²) < 4.78 is 11.6. The van der Waals surface area contributed by atoms with Gasteiger partial charge >= 0.3 is 5.97 Å². The highest BCUT2D eigenvalue weighted by atomic mass is 32.1. The number of methoxy groups -OCH3 is 1. The SMILES string of the molecule is C=Cc1ccc2nc(-c3ccccc3)cc(O[C@@H]3C[C@@H](C(=O)OC)N(C(=O)[C@@H](NC(N)=S)C(C)C)C3)c2c1. The lowest BCUT2D eigenvalue weighted by atomic mass is 10.0. The predicted molar refractivity (Wildman–Crippen MR) is 152 cm³/mol. The van der Waals surface area contributed by atoms with Gasteiger partial charge in [-0.25, -0.2) is 9.78 Å². The van der Waals surface area contributed by atoms with E-state index in [1.165, 1.54) is 12.0 Å². The minimum atomic E-state index is -0.794. The maximum atomic E-state index is 13.6. The highest BCUT2D eigenvalue weighted by molar-refractivity contribution is 7.80. The number of aromatic nitrogens is 1. The summed E-state index contributed by atoms with van der Waals surface area (Å²) in [6.07, 6.45) is 1.59. The third-order valence-electron chi connectivity index (χ3n) is 6.64. The van der Waals surface area contributed by atoms with Gasteiger partial charge in [0.1, 0.15) is 23.9 Å². The van der Waals surface area contributed by atoms with Crippen molar-refractivity contribution >= 4 is 46.2 Å². The number of esters is 1. The summed E-state index contributed by atoms with van der Waals surface area (Å²) in [6.45, 7) is 7.85. The number of fused-ring (bicyclic) bond motifs is 1. The Bertz CT molecular complexity index is 1360. The van der Waals surface area contributed by atoms with Crippen LogP contribution < -0.4 is 15.8 Å². The summed E-state index contributed by atoms with van der Waals surface area (Å²) in [7, 11) is 1.31. The number of nitrogens with one attached hydrogen (secondary N) is 1. The lowest BCUT2D eigenvalue weighted by molar-refractivity contribution is -0.151. The van der Waals surface area contributed by atoms with Crippen LogP contribution in [0.4, 0.5) is 0 Å². The second kappa shape index (κ2) is 11.6. The number of nitrogens with two attached hydrogens (primary N) is 1. The topological polar surface area (TPSA) is 107 Å². The van der Waals surface area contributed by atoms with Crippen LogP contribution in [0.5, 0.6) is 5.75 Å². The van der Waals surface area contributed by atoms with Crippen LogP contribution in [0, 0.1) is 5.92 Å². The van der Waals surface area contributed by atoms with E-state index in [1.54, 1.807) is 6.08 Å². The molecule has 2 heterocycles. The summed E-state index contributed by atoms with van der Waals surface area (Å²) >= 11 is 4.98. The molecule has 2 aromatic carbocycles. The molecule has 0 spiro atoms. The summed E-state index contributed by atoms with van der Waals surface area (Å²) in [5.74, 6) is -0.284. The van der Waals surface area contributed by atoms with Gasteiger partial charge in [0.15, 0.2) is 5.11 Å². The van der Waals surface area contributed by atoms with Crippen LogP contribution in [-0.4, -0.2) is 58.7 Å². The average Bonchev–Trinajstić information content (AvgIpc) is 3.34. The Labute approximate surface area is 227 Å². The van der Waals surface area contributed by atoms with E-state index in [0.717, 1.165) is 27.7 Å². The minimum Gasteiger partial charge on any atom is -0.488 e. The third kappa shape index (κ3) is 5.78. The molecule has 8 nitrogen and oxygen atoms in total. The molecular formula is C29H32N4O4S. The van der Waals surface area contributed by atoms with E-state index in [2.05, 4.69) is 11.9 Å². The van der Waals surface area contributed by atoms with Crippen LogP contribution in [-0.2, 0) is 14.3 Å². The number of rotatable bonds is 8. The second-order valence-electron chi connectivity index (χ2n) is 9.59. The molecule has 3 aromatic rings. The fraction of sp³-hybridized carbons (Fsp3) is 0.310. The van der Waals surface area contributed by atoms with Crippen molar-refractivity contribution in [1.82, 2.24) is 15.2 Å². The first kappa shape index (κ1) is 27.1. The fourth-order valence-electron chi connectivity index (χ4n) is 4.70. The quantitative estimate of drug-likeness (QED) is 0.332. The van der Waals surface area contributed by atoms with Crippen LogP contribution in [0.1, 0.15) is 25.8 Å². The molecule has 0 aliphatic carbocycles. The Hall–Kier alpha value is -3.98. The first-order chi connectivity index (χ1) is 18.2. The monoisotopic (exact) mass is 532 g/mol. The number of nitrogens with zero attached hydrogens (tertiary/aromatic N) is 2. The maximum absolute atomic E-state index is 13.6. The molecule has 1 aromatic heterocycles. The molecule has 0 radical (unpaired) electrons. The summed E-state index contributed by atoms with van der Waals surface area (Å²) in [5.41, 5.74) is 9.08. The van der Waals surface area contributed by atoms with Crippen LogP contribution >= 0.6 is 12.2 Å². The molecular weight excluding hydrogens is 500 g/mol. The third-order valence-corrected chi connectivity index (χ3v) is 6.76. The van der Waals surface area contributed by atoms with Gasteiger partial charge in [-0.3, -0.25) is 4.79 Å². The van der Waals surface area contributed by atoms with Gasteiger partial charge in [-0.1, -0.05) is 62.9 Å². The second-order valence-corrected chi connectivity index (χ2v) is 10.0. The van der Waals surface area contributed by atoms with Crippen molar-refractivity contribution in [2.24, 2.45) is 11.7 Å². The Kier molecular flexibility index (Phi) is 8.26. The number of thiocarbonyl (C=S) groups is 1. The number of carbonyl (C=O) groups excluding carboxylic acids is 2. The van der Waals surface area contributed by atoms with Crippen molar-refractivity contribution in [3.8, 4) is 17.0 Å². The van der Waals surface area contributed by atoms with Gasteiger partial charge in [-0.2, -0.15) is 0 Å². The molecule has 38 heavy (non-hydrogen) atoms. The molecule has 1 fully saturated rings. The molecule has 4 rings (SSSR count). The van der Waals surface area contributed by atoms with Gasteiger partial charge in [0.25, 0.3) is 0 Å². The minimum absolute atomic E-state index is 0.0217. The lowest BCUT2D eigenvalue weighted by Gasteiger charge is -2.29. The Balaban J connectivity index is 1.70. The van der Waals surface area contributed by atoms with Gasteiger partial charge in [0.05, 0.1) is 24.9 Å². The molecule has 0 bridgehead atoms. The number of hydrogen-bond donors (Lipinski definition) is 2. The highest BCUT2D eigenvalue weighted by Crippen LogP contribution is 2.34. The van der Waals surface area contributed by atoms with E-state index < -0.39 is 24.2 Å². The number of pyridine rings is 1. The van der Waals surface area contributed by atoms with E-state index in [-0.39, 0.29) is 29.9 Å². The van der Waals surface area contributed by atoms with Crippen LogP contribution in [0.3, 0.4) is 0 Å². The van der Waals surface area contributed by atoms with Crippen LogP contribution in [0.2, 0.25) is 0 Å². The number of amides is 1. The zero-order valence-electron chi connectivity index (χ0n) is 21.7. The van der Waals surface area contributed by atoms with Crippen molar-refractivity contribution in [3.05, 3.63) is 66.7 Å². The zero-order chi connectivity index (χ0) is 27.4. The van der Waals surface area contributed by atoms with E-state index in [0.29, 0.717) is 5.75 Å².